The average molecular weight is 300 g/mol. The van der Waals surface area contributed by atoms with Crippen molar-refractivity contribution in [1.82, 2.24) is 10.2 Å². The Morgan fingerprint density at radius 1 is 1.06 bits per heavy atom. The van der Waals surface area contributed by atoms with Gasteiger partial charge in [-0.05, 0) is 17.7 Å². The summed E-state index contributed by atoms with van der Waals surface area (Å²) in [5.41, 5.74) is 2.31. The van der Waals surface area contributed by atoms with Gasteiger partial charge in [0.1, 0.15) is 5.82 Å². The lowest BCUT2D eigenvalue weighted by Crippen LogP contribution is -2.35. The van der Waals surface area contributed by atoms with Crippen LogP contribution in [-0.4, -0.2) is 10.8 Å². The van der Waals surface area contributed by atoms with Crippen LogP contribution in [0.25, 0.3) is 11.1 Å². The molecule has 2 aromatic rings. The molecule has 3 nitrogen and oxygen atoms in total. The standard InChI is InChI=1S/C13H11BBrN3/c15-14-17-8-9-18(14)13-7-6-12(10-16-13)11-4-2-1-3-5-11/h1-10,17H. The number of benzene rings is 1. The highest BCUT2D eigenvalue weighted by molar-refractivity contribution is 9.24. The molecule has 0 aliphatic carbocycles. The third-order valence-electron chi connectivity index (χ3n) is 2.83. The topological polar surface area (TPSA) is 28.2 Å². The van der Waals surface area contributed by atoms with Crippen LogP contribution in [0.3, 0.4) is 0 Å². The molecule has 1 N–H and O–H groups in total. The van der Waals surface area contributed by atoms with Crippen LogP contribution in [0.5, 0.6) is 0 Å². The maximum Gasteiger partial charge on any atom is 0.458 e. The summed E-state index contributed by atoms with van der Waals surface area (Å²) in [4.78, 5) is 6.51. The van der Waals surface area contributed by atoms with Crippen LogP contribution in [-0.2, 0) is 0 Å². The van der Waals surface area contributed by atoms with Crippen LogP contribution in [0.4, 0.5) is 5.82 Å². The van der Waals surface area contributed by atoms with Crippen molar-refractivity contribution in [2.75, 3.05) is 4.81 Å². The maximum absolute atomic E-state index is 4.49. The number of hydrogen-bond donors (Lipinski definition) is 1. The molecule has 3 rings (SSSR count). The van der Waals surface area contributed by atoms with Crippen LogP contribution in [0.1, 0.15) is 0 Å². The van der Waals surface area contributed by atoms with Crippen molar-refractivity contribution in [3.05, 3.63) is 61.1 Å². The summed E-state index contributed by atoms with van der Waals surface area (Å²) < 4.78 is 0. The fraction of sp³-hybridized carbons (Fsp3) is 0. The largest absolute Gasteiger partial charge is 0.458 e. The second kappa shape index (κ2) is 4.86. The van der Waals surface area contributed by atoms with Crippen molar-refractivity contribution in [3.63, 3.8) is 0 Å². The van der Waals surface area contributed by atoms with E-state index in [0.717, 1.165) is 11.4 Å². The number of pyridine rings is 1. The van der Waals surface area contributed by atoms with Crippen molar-refractivity contribution in [2.24, 2.45) is 0 Å². The van der Waals surface area contributed by atoms with E-state index >= 15 is 0 Å². The Labute approximate surface area is 115 Å². The first kappa shape index (κ1) is 11.4. The SMILES string of the molecule is BrB1NC=CN1c1ccc(-c2ccccc2)cn1. The second-order valence-corrected chi connectivity index (χ2v) is 4.86. The van der Waals surface area contributed by atoms with Gasteiger partial charge in [-0.3, -0.25) is 0 Å². The number of anilines is 1. The Morgan fingerprint density at radius 3 is 2.50 bits per heavy atom. The Balaban J connectivity index is 1.88. The third kappa shape index (κ3) is 2.13. The fourth-order valence-electron chi connectivity index (χ4n) is 1.89. The molecule has 2 heterocycles. The van der Waals surface area contributed by atoms with E-state index in [1.165, 1.54) is 5.56 Å². The van der Waals surface area contributed by atoms with Crippen molar-refractivity contribution in [1.29, 1.82) is 0 Å². The van der Waals surface area contributed by atoms with Gasteiger partial charge in [0, 0.05) is 24.2 Å². The molecule has 88 valence electrons. The van der Waals surface area contributed by atoms with Crippen molar-refractivity contribution in [2.45, 2.75) is 0 Å². The average Bonchev–Trinajstić information content (AvgIpc) is 2.86. The quantitative estimate of drug-likeness (QED) is 0.864. The molecule has 0 fully saturated rings. The van der Waals surface area contributed by atoms with Gasteiger partial charge < -0.3 is 10.0 Å². The summed E-state index contributed by atoms with van der Waals surface area (Å²) in [7, 11) is 0. The molecule has 0 unspecified atom stereocenters. The van der Waals surface area contributed by atoms with Gasteiger partial charge in [0.2, 0.25) is 0 Å². The molecule has 0 atom stereocenters. The van der Waals surface area contributed by atoms with E-state index < -0.39 is 0 Å². The lowest BCUT2D eigenvalue weighted by atomic mass is 10.1. The van der Waals surface area contributed by atoms with Crippen molar-refractivity contribution >= 4 is 27.4 Å². The van der Waals surface area contributed by atoms with Gasteiger partial charge in [-0.2, -0.15) is 0 Å². The van der Waals surface area contributed by atoms with Gasteiger partial charge >= 0.3 is 5.81 Å². The maximum atomic E-state index is 4.49. The smallest absolute Gasteiger partial charge is 0.404 e. The molecule has 0 saturated carbocycles. The van der Waals surface area contributed by atoms with Crippen molar-refractivity contribution < 1.29 is 0 Å². The Morgan fingerprint density at radius 2 is 1.89 bits per heavy atom. The van der Waals surface area contributed by atoms with Gasteiger partial charge in [0.05, 0.1) is 0 Å². The number of hydrogen-bond acceptors (Lipinski definition) is 3. The lowest BCUT2D eigenvalue weighted by molar-refractivity contribution is 1.24. The zero-order valence-corrected chi connectivity index (χ0v) is 11.2. The summed E-state index contributed by atoms with van der Waals surface area (Å²) in [6, 6.07) is 14.4. The van der Waals surface area contributed by atoms with E-state index in [4.69, 9.17) is 0 Å². The predicted molar refractivity (Wildman–Crippen MR) is 79.1 cm³/mol. The summed E-state index contributed by atoms with van der Waals surface area (Å²) in [6.45, 7) is 0. The van der Waals surface area contributed by atoms with E-state index in [1.54, 1.807) is 0 Å². The van der Waals surface area contributed by atoms with E-state index in [9.17, 15) is 0 Å². The summed E-state index contributed by atoms with van der Waals surface area (Å²) in [6.07, 6.45) is 5.76. The Kier molecular flexibility index (Phi) is 3.06. The second-order valence-electron chi connectivity index (χ2n) is 4.00. The van der Waals surface area contributed by atoms with Gasteiger partial charge in [0.25, 0.3) is 0 Å². The van der Waals surface area contributed by atoms with E-state index in [1.807, 2.05) is 47.7 Å². The fourth-order valence-corrected chi connectivity index (χ4v) is 2.39. The zero-order valence-electron chi connectivity index (χ0n) is 9.62. The van der Waals surface area contributed by atoms with Gasteiger partial charge in [-0.1, -0.05) is 46.1 Å². The zero-order chi connectivity index (χ0) is 12.4. The first-order chi connectivity index (χ1) is 8.84. The molecule has 1 aromatic carbocycles. The molecular formula is C13H11BBrN3. The molecule has 1 aliphatic rings. The van der Waals surface area contributed by atoms with Gasteiger partial charge in [0.15, 0.2) is 0 Å². The third-order valence-corrected chi connectivity index (χ3v) is 3.54. The highest BCUT2D eigenvalue weighted by Crippen LogP contribution is 2.22. The summed E-state index contributed by atoms with van der Waals surface area (Å²) >= 11 is 3.52. The number of aromatic nitrogens is 1. The van der Waals surface area contributed by atoms with Crippen LogP contribution in [0.15, 0.2) is 61.1 Å². The highest BCUT2D eigenvalue weighted by atomic mass is 79.9. The first-order valence-corrected chi connectivity index (χ1v) is 6.63. The Hall–Kier alpha value is -1.75. The van der Waals surface area contributed by atoms with Crippen LogP contribution in [0, 0.1) is 0 Å². The molecule has 0 radical (unpaired) electrons. The van der Waals surface area contributed by atoms with Crippen LogP contribution >= 0.6 is 15.8 Å². The predicted octanol–water partition coefficient (Wildman–Crippen LogP) is 3.01. The number of rotatable bonds is 2. The minimum Gasteiger partial charge on any atom is -0.404 e. The molecule has 0 spiro atoms. The Bertz CT molecular complexity index is 556. The normalized spacial score (nSPS) is 13.8. The molecule has 0 bridgehead atoms. The molecule has 0 amide bonds. The van der Waals surface area contributed by atoms with Crippen molar-refractivity contribution in [3.8, 4) is 11.1 Å². The molecule has 0 saturated heterocycles. The number of nitrogens with zero attached hydrogens (tertiary/aromatic N) is 2. The lowest BCUT2D eigenvalue weighted by Gasteiger charge is -2.16. The van der Waals surface area contributed by atoms with E-state index in [-0.39, 0.29) is 5.81 Å². The summed E-state index contributed by atoms with van der Waals surface area (Å²) in [5, 5.41) is 3.14. The van der Waals surface area contributed by atoms with E-state index in [2.05, 4.69) is 44.2 Å². The van der Waals surface area contributed by atoms with Gasteiger partial charge in [-0.25, -0.2) is 4.98 Å². The number of halogens is 1. The molecule has 1 aliphatic heterocycles. The molecule has 5 heteroatoms. The summed E-state index contributed by atoms with van der Waals surface area (Å²) in [5.74, 6) is 0.991. The van der Waals surface area contributed by atoms with Crippen LogP contribution < -0.4 is 10.0 Å². The molecule has 18 heavy (non-hydrogen) atoms. The minimum atomic E-state index is 0.0765. The highest BCUT2D eigenvalue weighted by Gasteiger charge is 2.23. The van der Waals surface area contributed by atoms with Gasteiger partial charge in [-0.15, -0.1) is 0 Å². The number of nitrogens with one attached hydrogen (secondary N) is 1. The monoisotopic (exact) mass is 299 g/mol. The first-order valence-electron chi connectivity index (χ1n) is 5.71. The molecule has 1 aromatic heterocycles. The van der Waals surface area contributed by atoms with E-state index in [0.29, 0.717) is 0 Å². The van der Waals surface area contributed by atoms with Crippen LogP contribution in [0.2, 0.25) is 0 Å². The molecular weight excluding hydrogens is 289 g/mol. The minimum absolute atomic E-state index is 0.0765.